The van der Waals surface area contributed by atoms with Gasteiger partial charge in [0.15, 0.2) is 0 Å². The van der Waals surface area contributed by atoms with E-state index in [1.807, 2.05) is 0 Å². The molecule has 126 valence electrons. The molecular formula is C21H30O2. The molecule has 2 saturated carbocycles. The van der Waals surface area contributed by atoms with Gasteiger partial charge in [0.05, 0.1) is 5.92 Å². The lowest BCUT2D eigenvalue weighted by Gasteiger charge is -2.36. The average molecular weight is 314 g/mol. The maximum atomic E-state index is 12.6. The first-order chi connectivity index (χ1) is 11.0. The van der Waals surface area contributed by atoms with E-state index < -0.39 is 0 Å². The Balaban J connectivity index is 1.59. The normalized spacial score (nSPS) is 33.5. The van der Waals surface area contributed by atoms with Gasteiger partial charge in [0.2, 0.25) is 0 Å². The van der Waals surface area contributed by atoms with Gasteiger partial charge < -0.3 is 4.74 Å². The zero-order valence-corrected chi connectivity index (χ0v) is 14.9. The third-order valence-corrected chi connectivity index (χ3v) is 5.83. The van der Waals surface area contributed by atoms with Crippen molar-refractivity contribution in [2.75, 3.05) is 0 Å². The van der Waals surface area contributed by atoms with Crippen molar-refractivity contribution in [3.05, 3.63) is 35.4 Å². The second kappa shape index (κ2) is 6.67. The van der Waals surface area contributed by atoms with Gasteiger partial charge in [-0.15, -0.1) is 0 Å². The number of aryl methyl sites for hydroxylation is 1. The van der Waals surface area contributed by atoms with Crippen LogP contribution >= 0.6 is 0 Å². The van der Waals surface area contributed by atoms with Crippen molar-refractivity contribution in [3.8, 4) is 0 Å². The molecule has 2 heteroatoms. The molecular weight excluding hydrogens is 284 g/mol. The summed E-state index contributed by atoms with van der Waals surface area (Å²) in [6, 6.07) is 8.58. The standard InChI is InChI=1S/C21H30O2/c1-13(2)17-10-7-15(4)11-20(17)23-21(22)19-12-18(19)16-8-5-14(3)6-9-16/h5-6,8-9,13,15,17-20H,7,10-12H2,1-4H3/t15-,17+,18-,19+,20-/m1/s1. The van der Waals surface area contributed by atoms with Crippen LogP contribution in [0.2, 0.25) is 0 Å². The molecule has 0 unspecified atom stereocenters. The van der Waals surface area contributed by atoms with Gasteiger partial charge in [-0.1, -0.05) is 57.0 Å². The van der Waals surface area contributed by atoms with E-state index in [2.05, 4.69) is 52.0 Å². The molecule has 23 heavy (non-hydrogen) atoms. The molecule has 1 aromatic carbocycles. The minimum absolute atomic E-state index is 0.0420. The largest absolute Gasteiger partial charge is 0.462 e. The molecule has 5 atom stereocenters. The Kier molecular flexibility index (Phi) is 4.79. The predicted molar refractivity (Wildman–Crippen MR) is 93.3 cm³/mol. The Labute approximate surface area is 140 Å². The average Bonchev–Trinajstić information content (AvgIpc) is 3.28. The van der Waals surface area contributed by atoms with Gasteiger partial charge in [0.1, 0.15) is 6.10 Å². The number of ether oxygens (including phenoxy) is 1. The number of hydrogen-bond acceptors (Lipinski definition) is 2. The summed E-state index contributed by atoms with van der Waals surface area (Å²) in [7, 11) is 0. The lowest BCUT2D eigenvalue weighted by atomic mass is 9.75. The quantitative estimate of drug-likeness (QED) is 0.722. The van der Waals surface area contributed by atoms with E-state index in [0.29, 0.717) is 23.7 Å². The van der Waals surface area contributed by atoms with Gasteiger partial charge in [-0.2, -0.15) is 0 Å². The topological polar surface area (TPSA) is 26.3 Å². The van der Waals surface area contributed by atoms with Crippen LogP contribution in [0.4, 0.5) is 0 Å². The first kappa shape index (κ1) is 16.5. The SMILES string of the molecule is Cc1ccc([C@H]2C[C@@H]2C(=O)O[C@@H]2C[C@H](C)CC[C@H]2C(C)C)cc1. The summed E-state index contributed by atoms with van der Waals surface area (Å²) < 4.78 is 6.00. The van der Waals surface area contributed by atoms with Gasteiger partial charge >= 0.3 is 5.97 Å². The maximum absolute atomic E-state index is 12.6. The fourth-order valence-electron chi connectivity index (χ4n) is 4.12. The first-order valence-corrected chi connectivity index (χ1v) is 9.22. The highest BCUT2D eigenvalue weighted by atomic mass is 16.5. The van der Waals surface area contributed by atoms with E-state index in [9.17, 15) is 4.79 Å². The summed E-state index contributed by atoms with van der Waals surface area (Å²) in [5.41, 5.74) is 2.56. The number of carbonyl (C=O) groups is 1. The molecule has 0 spiro atoms. The molecule has 1 aromatic rings. The van der Waals surface area contributed by atoms with Crippen molar-refractivity contribution in [1.82, 2.24) is 0 Å². The maximum Gasteiger partial charge on any atom is 0.309 e. The summed E-state index contributed by atoms with van der Waals surface area (Å²) in [5, 5.41) is 0. The van der Waals surface area contributed by atoms with Crippen LogP contribution in [0, 0.1) is 30.6 Å². The van der Waals surface area contributed by atoms with Crippen molar-refractivity contribution < 1.29 is 9.53 Å². The number of benzene rings is 1. The Hall–Kier alpha value is -1.31. The molecule has 0 saturated heterocycles. The van der Waals surface area contributed by atoms with Gasteiger partial charge in [0.25, 0.3) is 0 Å². The van der Waals surface area contributed by atoms with E-state index in [1.54, 1.807) is 0 Å². The van der Waals surface area contributed by atoms with Crippen LogP contribution in [-0.2, 0) is 9.53 Å². The Morgan fingerprint density at radius 1 is 1.13 bits per heavy atom. The number of hydrogen-bond donors (Lipinski definition) is 0. The molecule has 2 aliphatic rings. The Morgan fingerprint density at radius 2 is 1.83 bits per heavy atom. The van der Waals surface area contributed by atoms with E-state index >= 15 is 0 Å². The molecule has 0 radical (unpaired) electrons. The second-order valence-corrected chi connectivity index (χ2v) is 8.16. The molecule has 2 fully saturated rings. The third-order valence-electron chi connectivity index (χ3n) is 5.83. The van der Waals surface area contributed by atoms with Crippen LogP contribution < -0.4 is 0 Å². The minimum Gasteiger partial charge on any atom is -0.462 e. The zero-order chi connectivity index (χ0) is 16.6. The fraction of sp³-hybridized carbons (Fsp3) is 0.667. The lowest BCUT2D eigenvalue weighted by Crippen LogP contribution is -2.36. The highest BCUT2D eigenvalue weighted by Gasteiger charge is 2.46. The summed E-state index contributed by atoms with van der Waals surface area (Å²) in [5.74, 6) is 2.30. The monoisotopic (exact) mass is 314 g/mol. The lowest BCUT2D eigenvalue weighted by molar-refractivity contribution is -0.157. The van der Waals surface area contributed by atoms with Gasteiger partial charge in [-0.3, -0.25) is 4.79 Å². The highest BCUT2D eigenvalue weighted by Crippen LogP contribution is 2.49. The molecule has 0 bridgehead atoms. The first-order valence-electron chi connectivity index (χ1n) is 9.22. The number of rotatable bonds is 4. The minimum atomic E-state index is 0.0420. The van der Waals surface area contributed by atoms with E-state index in [0.717, 1.165) is 12.8 Å². The van der Waals surface area contributed by atoms with Crippen LogP contribution in [0.1, 0.15) is 63.5 Å². The van der Waals surface area contributed by atoms with Crippen molar-refractivity contribution in [1.29, 1.82) is 0 Å². The smallest absolute Gasteiger partial charge is 0.309 e. The van der Waals surface area contributed by atoms with Crippen LogP contribution in [0.5, 0.6) is 0 Å². The van der Waals surface area contributed by atoms with Gasteiger partial charge in [-0.05, 0) is 55.4 Å². The molecule has 2 aliphatic carbocycles. The molecule has 3 rings (SSSR count). The van der Waals surface area contributed by atoms with Gasteiger partial charge in [-0.25, -0.2) is 0 Å². The molecule has 2 nitrogen and oxygen atoms in total. The highest BCUT2D eigenvalue weighted by molar-refractivity contribution is 5.77. The zero-order valence-electron chi connectivity index (χ0n) is 14.9. The summed E-state index contributed by atoms with van der Waals surface area (Å²) in [6.07, 6.45) is 4.59. The number of esters is 1. The second-order valence-electron chi connectivity index (χ2n) is 8.16. The van der Waals surface area contributed by atoms with Crippen LogP contribution in [-0.4, -0.2) is 12.1 Å². The molecule has 0 aliphatic heterocycles. The van der Waals surface area contributed by atoms with E-state index in [1.165, 1.54) is 24.0 Å². The van der Waals surface area contributed by atoms with Crippen molar-refractivity contribution in [3.63, 3.8) is 0 Å². The van der Waals surface area contributed by atoms with Gasteiger partial charge in [0, 0.05) is 0 Å². The van der Waals surface area contributed by atoms with Crippen molar-refractivity contribution in [2.45, 2.75) is 65.4 Å². The summed E-state index contributed by atoms with van der Waals surface area (Å²) in [6.45, 7) is 8.89. The van der Waals surface area contributed by atoms with Crippen LogP contribution in [0.3, 0.4) is 0 Å². The number of carbonyl (C=O) groups excluding carboxylic acids is 1. The molecule has 0 N–H and O–H groups in total. The summed E-state index contributed by atoms with van der Waals surface area (Å²) >= 11 is 0. The molecule has 0 amide bonds. The van der Waals surface area contributed by atoms with E-state index in [-0.39, 0.29) is 18.0 Å². The molecule has 0 heterocycles. The predicted octanol–water partition coefficient (Wildman–Crippen LogP) is 5.10. The molecule has 0 aromatic heterocycles. The third kappa shape index (κ3) is 3.79. The van der Waals surface area contributed by atoms with Crippen molar-refractivity contribution in [2.24, 2.45) is 23.7 Å². The van der Waals surface area contributed by atoms with Crippen LogP contribution in [0.25, 0.3) is 0 Å². The van der Waals surface area contributed by atoms with Crippen LogP contribution in [0.15, 0.2) is 24.3 Å². The Morgan fingerprint density at radius 3 is 2.48 bits per heavy atom. The fourth-order valence-corrected chi connectivity index (χ4v) is 4.12. The van der Waals surface area contributed by atoms with Crippen molar-refractivity contribution >= 4 is 5.97 Å². The Bertz CT molecular complexity index is 545. The summed E-state index contributed by atoms with van der Waals surface area (Å²) in [4.78, 5) is 12.6. The van der Waals surface area contributed by atoms with E-state index in [4.69, 9.17) is 4.74 Å².